The summed E-state index contributed by atoms with van der Waals surface area (Å²) >= 11 is 0. The van der Waals surface area contributed by atoms with Crippen LogP contribution in [-0.2, 0) is 26.0 Å². The van der Waals surface area contributed by atoms with Gasteiger partial charge in [0, 0.05) is 43.9 Å². The highest BCUT2D eigenvalue weighted by molar-refractivity contribution is 7.89. The van der Waals surface area contributed by atoms with Gasteiger partial charge < -0.3 is 14.8 Å². The van der Waals surface area contributed by atoms with E-state index in [1.807, 2.05) is 0 Å². The van der Waals surface area contributed by atoms with E-state index in [9.17, 15) is 18.0 Å². The van der Waals surface area contributed by atoms with Crippen LogP contribution in [0, 0.1) is 0 Å². The van der Waals surface area contributed by atoms with E-state index in [0.29, 0.717) is 54.7 Å². The maximum Gasteiger partial charge on any atom is 0.247 e. The first-order valence-corrected chi connectivity index (χ1v) is 12.9. The van der Waals surface area contributed by atoms with E-state index < -0.39 is 16.1 Å². The Kier molecular flexibility index (Phi) is 5.95. The van der Waals surface area contributed by atoms with Crippen molar-refractivity contribution >= 4 is 33.2 Å². The van der Waals surface area contributed by atoms with Crippen molar-refractivity contribution in [2.45, 2.75) is 43.5 Å². The number of carbonyl (C=O) groups excluding carboxylic acids is 2. The number of piperidine rings is 1. The number of sulfonamides is 1. The van der Waals surface area contributed by atoms with Crippen molar-refractivity contribution in [3.8, 4) is 11.5 Å². The number of nitrogens with zero attached hydrogens (tertiary/aromatic N) is 2. The van der Waals surface area contributed by atoms with Gasteiger partial charge in [0.05, 0.1) is 4.90 Å². The Hall–Kier alpha value is -3.11. The molecule has 180 valence electrons. The van der Waals surface area contributed by atoms with Crippen LogP contribution in [0.4, 0.5) is 11.4 Å². The van der Waals surface area contributed by atoms with Gasteiger partial charge in [-0.05, 0) is 48.7 Å². The first kappa shape index (κ1) is 22.7. The van der Waals surface area contributed by atoms with Gasteiger partial charge in [0.15, 0.2) is 11.5 Å². The van der Waals surface area contributed by atoms with Crippen LogP contribution >= 0.6 is 0 Å². The predicted molar refractivity (Wildman–Crippen MR) is 126 cm³/mol. The summed E-state index contributed by atoms with van der Waals surface area (Å²) in [7, 11) is -3.61. The first-order chi connectivity index (χ1) is 16.3. The second-order valence-electron chi connectivity index (χ2n) is 8.71. The van der Waals surface area contributed by atoms with Crippen molar-refractivity contribution in [2.75, 3.05) is 36.5 Å². The Balaban J connectivity index is 1.39. The van der Waals surface area contributed by atoms with Gasteiger partial charge in [0.25, 0.3) is 0 Å². The van der Waals surface area contributed by atoms with E-state index in [-0.39, 0.29) is 23.1 Å². The molecular formula is C24H27N3O6S. The van der Waals surface area contributed by atoms with Crippen molar-refractivity contribution in [2.24, 2.45) is 0 Å². The fourth-order valence-electron chi connectivity index (χ4n) is 4.79. The lowest BCUT2D eigenvalue weighted by Gasteiger charge is -2.26. The lowest BCUT2D eigenvalue weighted by atomic mass is 10.1. The minimum Gasteiger partial charge on any atom is -0.486 e. The fourth-order valence-corrected chi connectivity index (χ4v) is 6.36. The van der Waals surface area contributed by atoms with Crippen LogP contribution in [0.1, 0.15) is 31.7 Å². The molecule has 0 aromatic heterocycles. The summed E-state index contributed by atoms with van der Waals surface area (Å²) in [5, 5.41) is 2.86. The number of carbonyl (C=O) groups is 2. The summed E-state index contributed by atoms with van der Waals surface area (Å²) in [6, 6.07) is 9.12. The molecule has 3 aliphatic heterocycles. The van der Waals surface area contributed by atoms with E-state index in [1.54, 1.807) is 30.3 Å². The number of benzene rings is 2. The van der Waals surface area contributed by atoms with Gasteiger partial charge in [0.2, 0.25) is 21.8 Å². The quantitative estimate of drug-likeness (QED) is 0.714. The van der Waals surface area contributed by atoms with E-state index in [0.717, 1.165) is 19.3 Å². The van der Waals surface area contributed by atoms with Crippen LogP contribution in [-0.4, -0.2) is 56.9 Å². The lowest BCUT2D eigenvalue weighted by Crippen LogP contribution is -2.44. The molecule has 2 amide bonds. The van der Waals surface area contributed by atoms with Crippen LogP contribution in [0.3, 0.4) is 0 Å². The molecule has 10 heteroatoms. The monoisotopic (exact) mass is 485 g/mol. The smallest absolute Gasteiger partial charge is 0.247 e. The normalized spacial score (nSPS) is 20.0. The third kappa shape index (κ3) is 4.12. The number of amides is 2. The molecule has 34 heavy (non-hydrogen) atoms. The molecule has 3 aliphatic rings. The third-order valence-electron chi connectivity index (χ3n) is 6.44. The van der Waals surface area contributed by atoms with Gasteiger partial charge in [-0.15, -0.1) is 0 Å². The molecule has 0 unspecified atom stereocenters. The molecular weight excluding hydrogens is 458 g/mol. The number of hydrogen-bond donors (Lipinski definition) is 1. The highest BCUT2D eigenvalue weighted by Crippen LogP contribution is 2.36. The number of anilines is 2. The topological polar surface area (TPSA) is 105 Å². The van der Waals surface area contributed by atoms with Gasteiger partial charge in [-0.2, -0.15) is 4.31 Å². The van der Waals surface area contributed by atoms with Crippen molar-refractivity contribution in [3.05, 3.63) is 42.0 Å². The maximum atomic E-state index is 13.2. The molecule has 5 rings (SSSR count). The molecule has 1 saturated heterocycles. The van der Waals surface area contributed by atoms with Crippen molar-refractivity contribution in [1.29, 1.82) is 0 Å². The summed E-state index contributed by atoms with van der Waals surface area (Å²) in [6.07, 6.45) is 2.97. The number of ether oxygens (including phenoxy) is 2. The van der Waals surface area contributed by atoms with Crippen LogP contribution in [0.25, 0.3) is 0 Å². The molecule has 0 radical (unpaired) electrons. The number of fused-ring (bicyclic) bond motifs is 2. The Bertz CT molecular complexity index is 1240. The summed E-state index contributed by atoms with van der Waals surface area (Å²) in [5.41, 5.74) is 1.75. The van der Waals surface area contributed by atoms with Crippen molar-refractivity contribution in [1.82, 2.24) is 4.31 Å². The molecule has 0 aliphatic carbocycles. The van der Waals surface area contributed by atoms with Gasteiger partial charge in [-0.1, -0.05) is 6.42 Å². The average Bonchev–Trinajstić information content (AvgIpc) is 3.24. The zero-order valence-corrected chi connectivity index (χ0v) is 19.8. The zero-order valence-electron chi connectivity index (χ0n) is 19.0. The molecule has 9 nitrogen and oxygen atoms in total. The molecule has 1 atom stereocenters. The van der Waals surface area contributed by atoms with Crippen molar-refractivity contribution < 1.29 is 27.5 Å². The van der Waals surface area contributed by atoms with Crippen LogP contribution < -0.4 is 19.7 Å². The zero-order chi connectivity index (χ0) is 23.9. The fraction of sp³-hybridized carbons (Fsp3) is 0.417. The second kappa shape index (κ2) is 8.92. The molecule has 0 bridgehead atoms. The molecule has 3 heterocycles. The molecule has 1 N–H and O–H groups in total. The number of rotatable bonds is 4. The first-order valence-electron chi connectivity index (χ1n) is 11.5. The average molecular weight is 486 g/mol. The lowest BCUT2D eigenvalue weighted by molar-refractivity contribution is -0.122. The summed E-state index contributed by atoms with van der Waals surface area (Å²) < 4.78 is 38.8. The third-order valence-corrected chi connectivity index (χ3v) is 8.33. The summed E-state index contributed by atoms with van der Waals surface area (Å²) in [4.78, 5) is 27.3. The van der Waals surface area contributed by atoms with Crippen LogP contribution in [0.2, 0.25) is 0 Å². The standard InChI is InChI=1S/C24H27N3O6S/c1-16(28)27-20-7-6-19(34(30,31)26-9-3-2-4-10-26)13-17(20)14-21(27)24(29)25-18-5-8-22-23(15-18)33-12-11-32-22/h5-8,13,15,21H,2-4,9-12,14H2,1H3,(H,25,29)/t21-/m1/s1. The minimum atomic E-state index is -3.61. The molecule has 2 aromatic carbocycles. The maximum absolute atomic E-state index is 13.2. The van der Waals surface area contributed by atoms with Gasteiger partial charge in [-0.3, -0.25) is 14.5 Å². The number of nitrogens with one attached hydrogen (secondary N) is 1. The van der Waals surface area contributed by atoms with E-state index in [2.05, 4.69) is 5.32 Å². The molecule has 0 spiro atoms. The van der Waals surface area contributed by atoms with Crippen molar-refractivity contribution in [3.63, 3.8) is 0 Å². The predicted octanol–water partition coefficient (Wildman–Crippen LogP) is 2.55. The van der Waals surface area contributed by atoms with E-state index in [4.69, 9.17) is 9.47 Å². The molecule has 2 aromatic rings. The molecule has 0 saturated carbocycles. The highest BCUT2D eigenvalue weighted by Gasteiger charge is 2.38. The summed E-state index contributed by atoms with van der Waals surface area (Å²) in [6.45, 7) is 3.34. The van der Waals surface area contributed by atoms with Crippen LogP contribution in [0.5, 0.6) is 11.5 Å². The highest BCUT2D eigenvalue weighted by atomic mass is 32.2. The van der Waals surface area contributed by atoms with Gasteiger partial charge in [0.1, 0.15) is 19.3 Å². The van der Waals surface area contributed by atoms with Gasteiger partial charge >= 0.3 is 0 Å². The van der Waals surface area contributed by atoms with Gasteiger partial charge in [-0.25, -0.2) is 8.42 Å². The Morgan fingerprint density at radius 2 is 1.71 bits per heavy atom. The Morgan fingerprint density at radius 3 is 2.44 bits per heavy atom. The SMILES string of the molecule is CC(=O)N1c2ccc(S(=O)(=O)N3CCCCC3)cc2C[C@@H]1C(=O)Nc1ccc2c(c1)OCCO2. The van der Waals surface area contributed by atoms with E-state index >= 15 is 0 Å². The van der Waals surface area contributed by atoms with Crippen LogP contribution in [0.15, 0.2) is 41.3 Å². The summed E-state index contributed by atoms with van der Waals surface area (Å²) in [5.74, 6) is 0.524. The second-order valence-corrected chi connectivity index (χ2v) is 10.6. The Labute approximate surface area is 198 Å². The minimum absolute atomic E-state index is 0.199. The number of hydrogen-bond acceptors (Lipinski definition) is 6. The largest absolute Gasteiger partial charge is 0.486 e. The Morgan fingerprint density at radius 1 is 0.971 bits per heavy atom. The molecule has 1 fully saturated rings. The van der Waals surface area contributed by atoms with E-state index in [1.165, 1.54) is 22.2 Å².